The Balaban J connectivity index is 2.28. The van der Waals surface area contributed by atoms with Crippen LogP contribution in [0.15, 0.2) is 30.3 Å². The Hall–Kier alpha value is -1.06. The third-order valence-electron chi connectivity index (χ3n) is 1.08. The zero-order chi connectivity index (χ0) is 7.94. The molecule has 0 radical (unpaired) electrons. The van der Waals surface area contributed by atoms with Gasteiger partial charge in [-0.25, -0.2) is 0 Å². The van der Waals surface area contributed by atoms with Gasteiger partial charge in [-0.1, -0.05) is 30.1 Å². The highest BCUT2D eigenvalue weighted by Gasteiger charge is 1.89. The van der Waals surface area contributed by atoms with E-state index >= 15 is 0 Å². The summed E-state index contributed by atoms with van der Waals surface area (Å²) in [4.78, 5) is 9.45. The molecular weight excluding hydrogens is 142 g/mol. The first kappa shape index (κ1) is 8.04. The van der Waals surface area contributed by atoms with E-state index in [0.29, 0.717) is 12.3 Å². The second-order valence-electron chi connectivity index (χ2n) is 1.98. The summed E-state index contributed by atoms with van der Waals surface area (Å²) in [7, 11) is 0. The number of hydrogen-bond donors (Lipinski definition) is 1. The molecule has 0 saturated heterocycles. The molecule has 1 rings (SSSR count). The maximum atomic E-state index is 4.84. The minimum Gasteiger partial charge on any atom is -0.319 e. The fourth-order valence-corrected chi connectivity index (χ4v) is 0.613. The summed E-state index contributed by atoms with van der Waals surface area (Å²) in [5.41, 5.74) is 2.57. The lowest BCUT2D eigenvalue weighted by Gasteiger charge is -2.01. The van der Waals surface area contributed by atoms with Crippen molar-refractivity contribution in [3.8, 4) is 5.75 Å². The highest BCUT2D eigenvalue weighted by Crippen LogP contribution is 2.07. The average Bonchev–Trinajstić information content (AvgIpc) is 2.07. The molecule has 0 bridgehead atoms. The van der Waals surface area contributed by atoms with Gasteiger partial charge in [0.1, 0.15) is 0 Å². The zero-order valence-electron chi connectivity index (χ0n) is 6.41. The molecule has 0 aromatic heterocycles. The third kappa shape index (κ3) is 3.02. The van der Waals surface area contributed by atoms with Crippen LogP contribution >= 0.6 is 0 Å². The molecule has 0 amide bonds. The maximum Gasteiger partial charge on any atom is 0.167 e. The molecule has 0 atom stereocenters. The lowest BCUT2D eigenvalue weighted by molar-refractivity contribution is -0.256. The normalized spacial score (nSPS) is 9.55. The Morgan fingerprint density at radius 2 is 2.00 bits per heavy atom. The number of rotatable bonds is 4. The SMILES string of the molecule is CCNOOc1ccccc1. The van der Waals surface area contributed by atoms with Gasteiger partial charge >= 0.3 is 0 Å². The highest BCUT2D eigenvalue weighted by atomic mass is 17.3. The third-order valence-corrected chi connectivity index (χ3v) is 1.08. The lowest BCUT2D eigenvalue weighted by atomic mass is 10.3. The molecular formula is C8H11NO2. The summed E-state index contributed by atoms with van der Waals surface area (Å²) in [5.74, 6) is 0.688. The molecule has 1 aromatic rings. The lowest BCUT2D eigenvalue weighted by Crippen LogP contribution is -2.15. The standard InChI is InChI=1S/C8H11NO2/c1-2-9-11-10-8-6-4-3-5-7-8/h3-7,9H,2H2,1H3. The number of benzene rings is 1. The van der Waals surface area contributed by atoms with Gasteiger partial charge in [0.05, 0.1) is 0 Å². The van der Waals surface area contributed by atoms with Gasteiger partial charge in [0.15, 0.2) is 5.75 Å². The summed E-state index contributed by atoms with van der Waals surface area (Å²) in [6, 6.07) is 9.31. The van der Waals surface area contributed by atoms with E-state index in [2.05, 4.69) is 10.5 Å². The first-order valence-electron chi connectivity index (χ1n) is 3.55. The summed E-state index contributed by atoms with van der Waals surface area (Å²) < 4.78 is 0. The largest absolute Gasteiger partial charge is 0.319 e. The van der Waals surface area contributed by atoms with Gasteiger partial charge < -0.3 is 4.89 Å². The van der Waals surface area contributed by atoms with E-state index in [1.165, 1.54) is 0 Å². The predicted molar refractivity (Wildman–Crippen MR) is 41.8 cm³/mol. The summed E-state index contributed by atoms with van der Waals surface area (Å²) >= 11 is 0. The molecule has 0 aliphatic rings. The number of hydrogen-bond acceptors (Lipinski definition) is 3. The van der Waals surface area contributed by atoms with Crippen molar-refractivity contribution in [1.82, 2.24) is 5.48 Å². The maximum absolute atomic E-state index is 4.84. The quantitative estimate of drug-likeness (QED) is 0.404. The smallest absolute Gasteiger partial charge is 0.167 e. The van der Waals surface area contributed by atoms with Crippen LogP contribution in [0.25, 0.3) is 0 Å². The van der Waals surface area contributed by atoms with E-state index in [4.69, 9.17) is 4.89 Å². The van der Waals surface area contributed by atoms with Crippen molar-refractivity contribution in [3.63, 3.8) is 0 Å². The average molecular weight is 153 g/mol. The minimum absolute atomic E-state index is 0.688. The molecule has 60 valence electrons. The van der Waals surface area contributed by atoms with Gasteiger partial charge in [-0.3, -0.25) is 0 Å². The molecule has 0 unspecified atom stereocenters. The van der Waals surface area contributed by atoms with Gasteiger partial charge in [0.2, 0.25) is 0 Å². The molecule has 3 nitrogen and oxygen atoms in total. The van der Waals surface area contributed by atoms with Crippen molar-refractivity contribution in [2.45, 2.75) is 6.92 Å². The van der Waals surface area contributed by atoms with Gasteiger partial charge in [-0.05, 0) is 12.1 Å². The first-order chi connectivity index (χ1) is 5.43. The van der Waals surface area contributed by atoms with Crippen LogP contribution in [0.2, 0.25) is 0 Å². The van der Waals surface area contributed by atoms with E-state index in [1.807, 2.05) is 37.3 Å². The van der Waals surface area contributed by atoms with Crippen LogP contribution in [0.1, 0.15) is 6.92 Å². The highest BCUT2D eigenvalue weighted by molar-refractivity contribution is 5.19. The van der Waals surface area contributed by atoms with Crippen LogP contribution in [0.3, 0.4) is 0 Å². The minimum atomic E-state index is 0.688. The molecule has 0 aliphatic carbocycles. The Kier molecular flexibility index (Phi) is 3.44. The predicted octanol–water partition coefficient (Wildman–Crippen LogP) is 1.52. The van der Waals surface area contributed by atoms with Gasteiger partial charge in [0.25, 0.3) is 0 Å². The number of nitrogens with one attached hydrogen (secondary N) is 1. The summed E-state index contributed by atoms with van der Waals surface area (Å²) in [5, 5.41) is 0. The Labute approximate surface area is 65.8 Å². The molecule has 0 fully saturated rings. The van der Waals surface area contributed by atoms with Crippen molar-refractivity contribution in [2.75, 3.05) is 6.54 Å². The molecule has 0 saturated carbocycles. The molecule has 0 spiro atoms. The van der Waals surface area contributed by atoms with Crippen LogP contribution in [0.4, 0.5) is 0 Å². The van der Waals surface area contributed by atoms with E-state index in [1.54, 1.807) is 0 Å². The summed E-state index contributed by atoms with van der Waals surface area (Å²) in [6.45, 7) is 2.64. The Morgan fingerprint density at radius 1 is 1.27 bits per heavy atom. The van der Waals surface area contributed by atoms with Crippen LogP contribution in [-0.2, 0) is 4.99 Å². The van der Waals surface area contributed by atoms with Crippen molar-refractivity contribution in [2.24, 2.45) is 0 Å². The Morgan fingerprint density at radius 3 is 2.64 bits per heavy atom. The van der Waals surface area contributed by atoms with Gasteiger partial charge in [-0.2, -0.15) is 5.48 Å². The van der Waals surface area contributed by atoms with Crippen LogP contribution < -0.4 is 10.4 Å². The van der Waals surface area contributed by atoms with Crippen molar-refractivity contribution >= 4 is 0 Å². The zero-order valence-corrected chi connectivity index (χ0v) is 6.41. The molecule has 1 N–H and O–H groups in total. The molecule has 1 aromatic carbocycles. The second-order valence-corrected chi connectivity index (χ2v) is 1.98. The van der Waals surface area contributed by atoms with Crippen molar-refractivity contribution < 1.29 is 9.88 Å². The van der Waals surface area contributed by atoms with Gasteiger partial charge in [0, 0.05) is 6.54 Å². The van der Waals surface area contributed by atoms with Gasteiger partial charge in [-0.15, -0.1) is 0 Å². The molecule has 0 aliphatic heterocycles. The molecule has 3 heteroatoms. The Bertz CT molecular complexity index is 189. The first-order valence-corrected chi connectivity index (χ1v) is 3.55. The van der Waals surface area contributed by atoms with E-state index in [0.717, 1.165) is 0 Å². The topological polar surface area (TPSA) is 30.5 Å². The fourth-order valence-electron chi connectivity index (χ4n) is 0.613. The van der Waals surface area contributed by atoms with E-state index < -0.39 is 0 Å². The van der Waals surface area contributed by atoms with Crippen LogP contribution in [0, 0.1) is 0 Å². The summed E-state index contributed by atoms with van der Waals surface area (Å²) in [6.07, 6.45) is 0. The number of hydroxylamine groups is 1. The second kappa shape index (κ2) is 4.71. The van der Waals surface area contributed by atoms with Crippen molar-refractivity contribution in [3.05, 3.63) is 30.3 Å². The molecule has 11 heavy (non-hydrogen) atoms. The van der Waals surface area contributed by atoms with Crippen LogP contribution in [0.5, 0.6) is 5.75 Å². The fraction of sp³-hybridized carbons (Fsp3) is 0.250. The van der Waals surface area contributed by atoms with E-state index in [-0.39, 0.29) is 0 Å². The van der Waals surface area contributed by atoms with Crippen LogP contribution in [-0.4, -0.2) is 6.54 Å². The van der Waals surface area contributed by atoms with E-state index in [9.17, 15) is 0 Å². The van der Waals surface area contributed by atoms with Crippen molar-refractivity contribution in [1.29, 1.82) is 0 Å². The number of para-hydroxylation sites is 1. The molecule has 0 heterocycles. The monoisotopic (exact) mass is 153 g/mol.